The first-order chi connectivity index (χ1) is 7.93. The van der Waals surface area contributed by atoms with Gasteiger partial charge >= 0.3 is 6.18 Å². The highest BCUT2D eigenvalue weighted by atomic mass is 19.4. The number of aliphatic hydroxyl groups is 1. The van der Waals surface area contributed by atoms with Gasteiger partial charge in [0.1, 0.15) is 0 Å². The van der Waals surface area contributed by atoms with Crippen molar-refractivity contribution in [3.8, 4) is 0 Å². The Kier molecular flexibility index (Phi) is 5.69. The number of rotatable bonds is 5. The number of nitrogens with one attached hydrogen (secondary N) is 1. The zero-order chi connectivity index (χ0) is 12.9. The van der Waals surface area contributed by atoms with E-state index in [1.54, 1.807) is 0 Å². The highest BCUT2D eigenvalue weighted by Gasteiger charge is 2.37. The van der Waals surface area contributed by atoms with Gasteiger partial charge in [0.25, 0.3) is 0 Å². The minimum Gasteiger partial charge on any atom is -0.382 e. The summed E-state index contributed by atoms with van der Waals surface area (Å²) in [6.07, 6.45) is -4.73. The molecule has 0 aromatic carbocycles. The molecule has 0 amide bonds. The molecular formula is C11H21F3N2O. The Bertz CT molecular complexity index is 215. The lowest BCUT2D eigenvalue weighted by molar-refractivity contribution is -0.201. The van der Waals surface area contributed by atoms with Crippen molar-refractivity contribution in [3.63, 3.8) is 0 Å². The molecule has 0 spiro atoms. The Morgan fingerprint density at radius 2 is 1.94 bits per heavy atom. The molecule has 6 heteroatoms. The number of nitrogens with zero attached hydrogens (tertiary/aromatic N) is 1. The summed E-state index contributed by atoms with van der Waals surface area (Å²) in [5.41, 5.74) is 0. The number of likely N-dealkylation sites (tertiary alicyclic amines) is 1. The van der Waals surface area contributed by atoms with Crippen LogP contribution in [0.4, 0.5) is 13.2 Å². The highest BCUT2D eigenvalue weighted by Crippen LogP contribution is 2.20. The topological polar surface area (TPSA) is 35.5 Å². The molecular weight excluding hydrogens is 233 g/mol. The molecule has 17 heavy (non-hydrogen) atoms. The van der Waals surface area contributed by atoms with Crippen LogP contribution in [0.3, 0.4) is 0 Å². The Morgan fingerprint density at radius 1 is 1.35 bits per heavy atom. The Balaban J connectivity index is 2.12. The molecule has 0 bridgehead atoms. The largest absolute Gasteiger partial charge is 0.415 e. The summed E-state index contributed by atoms with van der Waals surface area (Å²) in [6, 6.07) is 0. The first-order valence-corrected chi connectivity index (χ1v) is 6.11. The Hall–Kier alpha value is -0.330. The first-order valence-electron chi connectivity index (χ1n) is 6.11. The van der Waals surface area contributed by atoms with Crippen molar-refractivity contribution in [2.45, 2.75) is 32.0 Å². The third-order valence-corrected chi connectivity index (χ3v) is 3.30. The fraction of sp³-hybridized carbons (Fsp3) is 1.00. The zero-order valence-corrected chi connectivity index (χ0v) is 10.1. The molecule has 1 unspecified atom stereocenters. The first kappa shape index (κ1) is 14.7. The van der Waals surface area contributed by atoms with Crippen LogP contribution in [0, 0.1) is 5.92 Å². The van der Waals surface area contributed by atoms with Gasteiger partial charge in [-0.15, -0.1) is 0 Å². The van der Waals surface area contributed by atoms with Crippen molar-refractivity contribution in [2.24, 2.45) is 5.92 Å². The average molecular weight is 254 g/mol. The molecule has 0 aromatic rings. The van der Waals surface area contributed by atoms with E-state index in [1.165, 1.54) is 0 Å². The lowest BCUT2D eigenvalue weighted by atomic mass is 9.97. The van der Waals surface area contributed by atoms with Gasteiger partial charge < -0.3 is 15.3 Å². The maximum absolute atomic E-state index is 12.0. The smallest absolute Gasteiger partial charge is 0.382 e. The van der Waals surface area contributed by atoms with Gasteiger partial charge in [0.05, 0.1) is 0 Å². The molecule has 1 rings (SSSR count). The van der Waals surface area contributed by atoms with Crippen LogP contribution in [-0.4, -0.2) is 55.0 Å². The van der Waals surface area contributed by atoms with E-state index in [0.29, 0.717) is 12.5 Å². The number of alkyl halides is 3. The van der Waals surface area contributed by atoms with E-state index in [1.807, 2.05) is 0 Å². The molecule has 1 saturated heterocycles. The summed E-state index contributed by atoms with van der Waals surface area (Å²) >= 11 is 0. The fourth-order valence-corrected chi connectivity index (χ4v) is 2.05. The van der Waals surface area contributed by atoms with Gasteiger partial charge in [-0.3, -0.25) is 0 Å². The lowest BCUT2D eigenvalue weighted by Crippen LogP contribution is -2.42. The van der Waals surface area contributed by atoms with Gasteiger partial charge in [-0.2, -0.15) is 13.2 Å². The summed E-state index contributed by atoms with van der Waals surface area (Å²) in [4.78, 5) is 2.33. The van der Waals surface area contributed by atoms with Gasteiger partial charge in [0, 0.05) is 6.54 Å². The molecule has 1 fully saturated rings. The van der Waals surface area contributed by atoms with Gasteiger partial charge in [-0.25, -0.2) is 0 Å². The maximum atomic E-state index is 12.0. The van der Waals surface area contributed by atoms with E-state index < -0.39 is 18.8 Å². The second kappa shape index (κ2) is 6.56. The van der Waals surface area contributed by atoms with Crippen LogP contribution in [0.5, 0.6) is 0 Å². The van der Waals surface area contributed by atoms with E-state index in [4.69, 9.17) is 5.11 Å². The number of hydrogen-bond donors (Lipinski definition) is 2. The standard InChI is InChI=1S/C11H21F3N2O/c1-2-16-5-3-9(4-6-16)7-15-8-10(17)11(12,13)14/h9-10,15,17H,2-8H2,1H3. The lowest BCUT2D eigenvalue weighted by Gasteiger charge is -2.31. The number of aliphatic hydroxyl groups excluding tert-OH is 1. The van der Waals surface area contributed by atoms with Gasteiger partial charge in [-0.1, -0.05) is 6.92 Å². The predicted octanol–water partition coefficient (Wildman–Crippen LogP) is 1.23. The molecule has 0 aromatic heterocycles. The molecule has 1 atom stereocenters. The van der Waals surface area contributed by atoms with E-state index in [9.17, 15) is 13.2 Å². The van der Waals surface area contributed by atoms with Crippen LogP contribution in [0.2, 0.25) is 0 Å². The van der Waals surface area contributed by atoms with Crippen molar-refractivity contribution < 1.29 is 18.3 Å². The van der Waals surface area contributed by atoms with Crippen LogP contribution in [0.15, 0.2) is 0 Å². The molecule has 102 valence electrons. The van der Waals surface area contributed by atoms with Crippen molar-refractivity contribution in [3.05, 3.63) is 0 Å². The Labute approximate surface area is 100.0 Å². The second-order valence-corrected chi connectivity index (χ2v) is 4.59. The molecule has 0 saturated carbocycles. The minimum absolute atomic E-state index is 0.405. The van der Waals surface area contributed by atoms with Crippen molar-refractivity contribution >= 4 is 0 Å². The molecule has 0 aliphatic carbocycles. The predicted molar refractivity (Wildman–Crippen MR) is 59.8 cm³/mol. The maximum Gasteiger partial charge on any atom is 0.415 e. The SMILES string of the molecule is CCN1CCC(CNCC(O)C(F)(F)F)CC1. The van der Waals surface area contributed by atoms with E-state index in [2.05, 4.69) is 17.1 Å². The molecule has 1 aliphatic heterocycles. The molecule has 0 radical (unpaired) electrons. The van der Waals surface area contributed by atoms with Crippen molar-refractivity contribution in [1.82, 2.24) is 10.2 Å². The quantitative estimate of drug-likeness (QED) is 0.774. The Morgan fingerprint density at radius 3 is 2.41 bits per heavy atom. The van der Waals surface area contributed by atoms with Crippen LogP contribution < -0.4 is 5.32 Å². The van der Waals surface area contributed by atoms with E-state index in [-0.39, 0.29) is 0 Å². The van der Waals surface area contributed by atoms with Crippen LogP contribution in [0.25, 0.3) is 0 Å². The summed E-state index contributed by atoms with van der Waals surface area (Å²) in [5.74, 6) is 0.429. The summed E-state index contributed by atoms with van der Waals surface area (Å²) < 4.78 is 36.0. The van der Waals surface area contributed by atoms with Gasteiger partial charge in [0.15, 0.2) is 6.10 Å². The summed E-state index contributed by atoms with van der Waals surface area (Å²) in [6.45, 7) is 5.34. The van der Waals surface area contributed by atoms with Crippen molar-refractivity contribution in [1.29, 1.82) is 0 Å². The van der Waals surface area contributed by atoms with Crippen LogP contribution >= 0.6 is 0 Å². The third kappa shape index (κ3) is 5.23. The van der Waals surface area contributed by atoms with Crippen molar-refractivity contribution in [2.75, 3.05) is 32.7 Å². The summed E-state index contributed by atoms with van der Waals surface area (Å²) in [7, 11) is 0. The third-order valence-electron chi connectivity index (χ3n) is 3.30. The van der Waals surface area contributed by atoms with Crippen LogP contribution in [0.1, 0.15) is 19.8 Å². The molecule has 3 nitrogen and oxygen atoms in total. The van der Waals surface area contributed by atoms with Gasteiger partial charge in [-0.05, 0) is 44.9 Å². The normalized spacial score (nSPS) is 21.7. The second-order valence-electron chi connectivity index (χ2n) is 4.59. The average Bonchev–Trinajstić information content (AvgIpc) is 2.28. The van der Waals surface area contributed by atoms with E-state index in [0.717, 1.165) is 32.5 Å². The minimum atomic E-state index is -4.52. The number of hydrogen-bond acceptors (Lipinski definition) is 3. The number of halogens is 3. The van der Waals surface area contributed by atoms with Gasteiger partial charge in [0.2, 0.25) is 0 Å². The van der Waals surface area contributed by atoms with E-state index >= 15 is 0 Å². The molecule has 1 heterocycles. The van der Waals surface area contributed by atoms with Crippen LogP contribution in [-0.2, 0) is 0 Å². The molecule has 1 aliphatic rings. The highest BCUT2D eigenvalue weighted by molar-refractivity contribution is 4.75. The zero-order valence-electron chi connectivity index (χ0n) is 10.1. The fourth-order valence-electron chi connectivity index (χ4n) is 2.05. The number of piperidine rings is 1. The summed E-state index contributed by atoms with van der Waals surface area (Å²) in [5, 5.41) is 11.5. The monoisotopic (exact) mass is 254 g/mol. The molecule has 2 N–H and O–H groups in total.